The second-order valence-electron chi connectivity index (χ2n) is 10.3. The summed E-state index contributed by atoms with van der Waals surface area (Å²) in [6.07, 6.45) is 16.4. The first kappa shape index (κ1) is 41.9. The van der Waals surface area contributed by atoms with E-state index in [0.29, 0.717) is 28.8 Å². The van der Waals surface area contributed by atoms with Crippen molar-refractivity contribution in [3.63, 3.8) is 0 Å². The van der Waals surface area contributed by atoms with Crippen LogP contribution >= 0.6 is 12.2 Å². The average Bonchev–Trinajstić information content (AvgIpc) is 3.25. The Hall–Kier alpha value is 1.87. The third-order valence-electron chi connectivity index (χ3n) is 6.95. The van der Waals surface area contributed by atoms with Crippen molar-refractivity contribution in [3.05, 3.63) is 23.5 Å². The summed E-state index contributed by atoms with van der Waals surface area (Å²) in [4.78, 5) is 7.88. The zero-order chi connectivity index (χ0) is 28.2. The molecular weight excluding hydrogens is 623 g/mol. The number of H-pyrrole nitrogens is 1. The summed E-state index contributed by atoms with van der Waals surface area (Å²) >= 11 is 5.58. The molecule has 0 spiro atoms. The quantitative estimate of drug-likeness (QED) is 0.0925. The van der Waals surface area contributed by atoms with Crippen LogP contribution in [0.2, 0.25) is 0 Å². The van der Waals surface area contributed by atoms with Crippen LogP contribution in [0.25, 0.3) is 11.0 Å². The van der Waals surface area contributed by atoms with Gasteiger partial charge in [-0.25, -0.2) is 21.8 Å². The van der Waals surface area contributed by atoms with Crippen molar-refractivity contribution >= 4 is 48.4 Å². The van der Waals surface area contributed by atoms with Crippen LogP contribution in [0.4, 0.5) is 0 Å². The molecule has 8 nitrogen and oxygen atoms in total. The van der Waals surface area contributed by atoms with Gasteiger partial charge in [0.2, 0.25) is 0 Å². The van der Waals surface area contributed by atoms with Crippen LogP contribution in [0.3, 0.4) is 0 Å². The number of hydrogen-bond acceptors (Lipinski definition) is 8. The van der Waals surface area contributed by atoms with Crippen LogP contribution < -0.4 is 103 Å². The zero-order valence-electron chi connectivity index (χ0n) is 24.7. The topological polar surface area (TPSA) is 143 Å². The van der Waals surface area contributed by atoms with Crippen molar-refractivity contribution in [2.45, 2.75) is 127 Å². The molecule has 216 valence electrons. The van der Waals surface area contributed by atoms with Crippen molar-refractivity contribution in [2.24, 2.45) is 0 Å². The number of nitrogens with one attached hydrogen (secondary N) is 1. The first-order chi connectivity index (χ1) is 17.9. The second-order valence-corrected chi connectivity index (χ2v) is 14.1. The van der Waals surface area contributed by atoms with E-state index in [1.807, 2.05) is 0 Å². The number of rotatable bonds is 20. The molecule has 0 saturated carbocycles. The minimum Gasteiger partial charge on any atom is -0.748 e. The van der Waals surface area contributed by atoms with Gasteiger partial charge in [-0.15, -0.1) is 0 Å². The number of fused-ring (bicyclic) bond motifs is 1. The predicted molar refractivity (Wildman–Crippen MR) is 154 cm³/mol. The van der Waals surface area contributed by atoms with Gasteiger partial charge in [-0.05, 0) is 48.7 Å². The van der Waals surface area contributed by atoms with Gasteiger partial charge >= 0.3 is 103 Å². The van der Waals surface area contributed by atoms with Crippen LogP contribution in [0.5, 0.6) is 0 Å². The Morgan fingerprint density at radius 1 is 0.900 bits per heavy atom. The van der Waals surface area contributed by atoms with E-state index in [1.54, 1.807) is 0 Å². The van der Waals surface area contributed by atoms with Gasteiger partial charge in [0.15, 0.2) is 0 Å². The first-order valence-electron chi connectivity index (χ1n) is 13.9. The van der Waals surface area contributed by atoms with Gasteiger partial charge in [-0.1, -0.05) is 89.8 Å². The van der Waals surface area contributed by atoms with Gasteiger partial charge in [-0.2, -0.15) is 0 Å². The molecule has 0 radical (unpaired) electrons. The zero-order valence-corrected chi connectivity index (χ0v) is 33.4. The van der Waals surface area contributed by atoms with Crippen LogP contribution in [0, 0.1) is 0 Å². The Bertz CT molecular complexity index is 1250. The number of hydrogen-bond donors (Lipinski definition) is 1. The molecule has 2 rings (SSSR count). The Labute approximate surface area is 331 Å². The van der Waals surface area contributed by atoms with Gasteiger partial charge in [0.25, 0.3) is 0 Å². The minimum atomic E-state index is -4.69. The molecule has 1 N–H and O–H groups in total. The average molecular weight is 665 g/mol. The monoisotopic (exact) mass is 664 g/mol. The van der Waals surface area contributed by atoms with Gasteiger partial charge < -0.3 is 14.1 Å². The Kier molecular flexibility index (Phi) is 22.6. The summed E-state index contributed by atoms with van der Waals surface area (Å²) in [6.45, 7) is 3.58. The van der Waals surface area contributed by atoms with E-state index in [-0.39, 0.29) is 121 Å². The molecule has 1 heterocycles. The summed E-state index contributed by atoms with van der Waals surface area (Å²) in [7, 11) is -9.10. The van der Waals surface area contributed by atoms with E-state index in [0.717, 1.165) is 24.1 Å². The molecule has 40 heavy (non-hydrogen) atoms. The van der Waals surface area contributed by atoms with Gasteiger partial charge in [0, 0.05) is 18.1 Å². The molecule has 1 aromatic carbocycles. The number of aromatic amines is 1. The molecule has 0 saturated heterocycles. The number of aromatic nitrogens is 2. The van der Waals surface area contributed by atoms with Crippen molar-refractivity contribution in [2.75, 3.05) is 0 Å². The van der Waals surface area contributed by atoms with E-state index in [9.17, 15) is 25.9 Å². The van der Waals surface area contributed by atoms with E-state index in [1.165, 1.54) is 83.3 Å². The minimum absolute atomic E-state index is 0. The summed E-state index contributed by atoms with van der Waals surface area (Å²) in [6, 6.07) is 2.56. The number of imidazole rings is 1. The molecule has 2 aromatic rings. The standard InChI is InChI=1S/C27H44N2O6S3.2K/c1-3-4-5-6-7-8-9-10-11-12-13-14-15-23(36)18-22-19-24(38(33,34)35)20-25-27(22)29-26(28-25)17-16-21(2)37(30,31)32;;/h19-21H,3-18H2,1-2H3,(H,28,29)(H,30,31,32)(H,33,34,35);;/q;2*+1/p-2. The Balaban J connectivity index is 0.00000760. The van der Waals surface area contributed by atoms with Gasteiger partial charge in [0.1, 0.15) is 15.9 Å². The second kappa shape index (κ2) is 21.6. The van der Waals surface area contributed by atoms with Crippen molar-refractivity contribution < 1.29 is 129 Å². The van der Waals surface area contributed by atoms with E-state index < -0.39 is 25.5 Å². The molecule has 0 aliphatic rings. The molecule has 0 bridgehead atoms. The SMILES string of the molecule is CCCCCCCCCCCCCCC(=S)Cc1cc(S(=O)(=O)[O-])cc2[nH]c(CCC(C)S(=O)(=O)[O-])nc12.[K+].[K+]. The maximum atomic E-state index is 11.7. The summed E-state index contributed by atoms with van der Waals surface area (Å²) in [5.41, 5.74) is 1.42. The summed E-state index contributed by atoms with van der Waals surface area (Å²) in [5, 5.41) is -1.07. The van der Waals surface area contributed by atoms with E-state index in [4.69, 9.17) is 12.2 Å². The van der Waals surface area contributed by atoms with Crippen LogP contribution in [0.1, 0.15) is 115 Å². The number of unbranched alkanes of at least 4 members (excludes halogenated alkanes) is 11. The summed E-state index contributed by atoms with van der Waals surface area (Å²) < 4.78 is 68.7. The van der Waals surface area contributed by atoms with Crippen LogP contribution in [-0.2, 0) is 33.1 Å². The molecule has 0 fully saturated rings. The number of thiocarbonyl (C=S) groups is 1. The summed E-state index contributed by atoms with van der Waals surface area (Å²) in [5.74, 6) is 0.420. The number of aryl methyl sites for hydroxylation is 1. The third kappa shape index (κ3) is 16.3. The molecule has 13 heteroatoms. The Morgan fingerprint density at radius 3 is 1.93 bits per heavy atom. The third-order valence-corrected chi connectivity index (χ3v) is 9.34. The maximum absolute atomic E-state index is 11.7. The molecule has 1 aromatic heterocycles. The fourth-order valence-corrected chi connectivity index (χ4v) is 5.81. The van der Waals surface area contributed by atoms with Gasteiger partial charge in [0.05, 0.1) is 26.0 Å². The van der Waals surface area contributed by atoms with E-state index in [2.05, 4.69) is 16.9 Å². The fourth-order valence-electron chi connectivity index (χ4n) is 4.56. The van der Waals surface area contributed by atoms with Crippen molar-refractivity contribution in [1.82, 2.24) is 9.97 Å². The molecule has 0 amide bonds. The van der Waals surface area contributed by atoms with Gasteiger partial charge in [-0.3, -0.25) is 0 Å². The van der Waals surface area contributed by atoms with Crippen molar-refractivity contribution in [3.8, 4) is 0 Å². The normalized spacial score (nSPS) is 12.6. The molecule has 1 atom stereocenters. The van der Waals surface area contributed by atoms with E-state index >= 15 is 0 Å². The molecule has 0 aliphatic carbocycles. The Morgan fingerprint density at radius 2 is 1.43 bits per heavy atom. The molecule has 0 aliphatic heterocycles. The number of benzene rings is 1. The molecular formula is C27H42K2N2O6S3. The maximum Gasteiger partial charge on any atom is 1.00 e. The number of nitrogens with zero attached hydrogens (tertiary/aromatic N) is 1. The van der Waals surface area contributed by atoms with Crippen molar-refractivity contribution in [1.29, 1.82) is 0 Å². The smallest absolute Gasteiger partial charge is 0.748 e. The predicted octanol–water partition coefficient (Wildman–Crippen LogP) is 0.345. The first-order valence-corrected chi connectivity index (χ1v) is 17.1. The fraction of sp³-hybridized carbons (Fsp3) is 0.704. The largest absolute Gasteiger partial charge is 1.00 e. The van der Waals surface area contributed by atoms with Crippen LogP contribution in [0.15, 0.2) is 17.0 Å². The van der Waals surface area contributed by atoms with Crippen LogP contribution in [-0.4, -0.2) is 46.0 Å². The molecule has 1 unspecified atom stereocenters.